The molecule has 1 aromatic rings. The van der Waals surface area contributed by atoms with Crippen LogP contribution in [0.1, 0.15) is 25.0 Å². The van der Waals surface area contributed by atoms with Crippen LogP contribution in [-0.2, 0) is 11.2 Å². The van der Waals surface area contributed by atoms with Crippen molar-refractivity contribution < 1.29 is 4.74 Å². The van der Waals surface area contributed by atoms with Crippen LogP contribution < -0.4 is 10.6 Å². The molecule has 0 radical (unpaired) electrons. The van der Waals surface area contributed by atoms with Crippen LogP contribution >= 0.6 is 0 Å². The standard InChI is InChI=1S/C15H26N2O/c1-12(2)17(9-10-18-4)15-6-5-14(7-8-16)11-13(15)3/h5-6,11-12H,7-10,16H2,1-4H3. The van der Waals surface area contributed by atoms with Crippen LogP contribution in [0.25, 0.3) is 0 Å². The van der Waals surface area contributed by atoms with E-state index in [1.807, 2.05) is 0 Å². The summed E-state index contributed by atoms with van der Waals surface area (Å²) in [6, 6.07) is 7.09. The molecule has 1 aromatic carbocycles. The molecule has 2 N–H and O–H groups in total. The van der Waals surface area contributed by atoms with Crippen LogP contribution in [0.3, 0.4) is 0 Å². The van der Waals surface area contributed by atoms with Gasteiger partial charge in [0.25, 0.3) is 0 Å². The minimum absolute atomic E-state index is 0.471. The van der Waals surface area contributed by atoms with Crippen molar-refractivity contribution in [2.24, 2.45) is 5.73 Å². The number of ether oxygens (including phenoxy) is 1. The number of anilines is 1. The molecule has 0 aliphatic rings. The van der Waals surface area contributed by atoms with Crippen LogP contribution in [0.15, 0.2) is 18.2 Å². The zero-order valence-corrected chi connectivity index (χ0v) is 12.1. The summed E-state index contributed by atoms with van der Waals surface area (Å²) in [4.78, 5) is 2.38. The summed E-state index contributed by atoms with van der Waals surface area (Å²) >= 11 is 0. The summed E-state index contributed by atoms with van der Waals surface area (Å²) in [5, 5.41) is 0. The van der Waals surface area contributed by atoms with E-state index in [1.54, 1.807) is 7.11 Å². The number of methoxy groups -OCH3 is 1. The zero-order valence-electron chi connectivity index (χ0n) is 12.1. The van der Waals surface area contributed by atoms with Crippen molar-refractivity contribution in [2.45, 2.75) is 33.2 Å². The molecule has 1 rings (SSSR count). The molecule has 0 aromatic heterocycles. The van der Waals surface area contributed by atoms with E-state index in [0.29, 0.717) is 12.6 Å². The smallest absolute Gasteiger partial charge is 0.0637 e. The van der Waals surface area contributed by atoms with E-state index >= 15 is 0 Å². The Kier molecular flexibility index (Phi) is 6.16. The van der Waals surface area contributed by atoms with Crippen molar-refractivity contribution in [2.75, 3.05) is 31.7 Å². The number of nitrogens with zero attached hydrogens (tertiary/aromatic N) is 1. The van der Waals surface area contributed by atoms with Gasteiger partial charge >= 0.3 is 0 Å². The van der Waals surface area contributed by atoms with Gasteiger partial charge in [0.2, 0.25) is 0 Å². The van der Waals surface area contributed by atoms with E-state index < -0.39 is 0 Å². The molecule has 0 saturated carbocycles. The van der Waals surface area contributed by atoms with Crippen molar-refractivity contribution in [3.63, 3.8) is 0 Å². The number of benzene rings is 1. The molecular formula is C15H26N2O. The largest absolute Gasteiger partial charge is 0.383 e. The van der Waals surface area contributed by atoms with Gasteiger partial charge in [-0.2, -0.15) is 0 Å². The average Bonchev–Trinajstić information content (AvgIpc) is 2.32. The highest BCUT2D eigenvalue weighted by Crippen LogP contribution is 2.23. The normalized spacial score (nSPS) is 11.0. The van der Waals surface area contributed by atoms with Crippen molar-refractivity contribution in [3.8, 4) is 0 Å². The third-order valence-corrected chi connectivity index (χ3v) is 3.16. The highest BCUT2D eigenvalue weighted by atomic mass is 16.5. The highest BCUT2D eigenvalue weighted by Gasteiger charge is 2.12. The molecule has 0 atom stereocenters. The number of rotatable bonds is 7. The molecule has 0 saturated heterocycles. The van der Waals surface area contributed by atoms with Gasteiger partial charge in [-0.1, -0.05) is 12.1 Å². The molecule has 3 nitrogen and oxygen atoms in total. The average molecular weight is 250 g/mol. The Morgan fingerprint density at radius 2 is 2.06 bits per heavy atom. The molecule has 18 heavy (non-hydrogen) atoms. The summed E-state index contributed by atoms with van der Waals surface area (Å²) in [7, 11) is 1.75. The Labute approximate surface area is 111 Å². The van der Waals surface area contributed by atoms with Crippen molar-refractivity contribution >= 4 is 5.69 Å². The molecule has 0 heterocycles. The van der Waals surface area contributed by atoms with Crippen LogP contribution in [0.5, 0.6) is 0 Å². The van der Waals surface area contributed by atoms with Gasteiger partial charge in [-0.05, 0) is 50.9 Å². The predicted molar refractivity (Wildman–Crippen MR) is 78.3 cm³/mol. The Balaban J connectivity index is 2.90. The monoisotopic (exact) mass is 250 g/mol. The van der Waals surface area contributed by atoms with E-state index in [4.69, 9.17) is 10.5 Å². The highest BCUT2D eigenvalue weighted by molar-refractivity contribution is 5.55. The van der Waals surface area contributed by atoms with Gasteiger partial charge in [-0.15, -0.1) is 0 Å². The minimum atomic E-state index is 0.471. The van der Waals surface area contributed by atoms with Crippen LogP contribution in [0, 0.1) is 6.92 Å². The summed E-state index contributed by atoms with van der Waals surface area (Å²) in [5.74, 6) is 0. The maximum atomic E-state index is 5.60. The molecule has 0 bridgehead atoms. The van der Waals surface area contributed by atoms with Gasteiger partial charge in [0, 0.05) is 25.4 Å². The molecule has 0 aliphatic carbocycles. The van der Waals surface area contributed by atoms with Gasteiger partial charge in [0.05, 0.1) is 6.61 Å². The topological polar surface area (TPSA) is 38.5 Å². The van der Waals surface area contributed by atoms with Gasteiger partial charge in [-0.25, -0.2) is 0 Å². The van der Waals surface area contributed by atoms with Gasteiger partial charge in [0.15, 0.2) is 0 Å². The quantitative estimate of drug-likeness (QED) is 0.807. The lowest BCUT2D eigenvalue weighted by atomic mass is 10.1. The first-order valence-corrected chi connectivity index (χ1v) is 6.65. The first-order valence-electron chi connectivity index (χ1n) is 6.65. The number of nitrogens with two attached hydrogens (primary N) is 1. The second kappa shape index (κ2) is 7.39. The van der Waals surface area contributed by atoms with E-state index in [-0.39, 0.29) is 0 Å². The van der Waals surface area contributed by atoms with E-state index in [1.165, 1.54) is 16.8 Å². The van der Waals surface area contributed by atoms with Gasteiger partial charge in [0.1, 0.15) is 0 Å². The predicted octanol–water partition coefficient (Wildman–Crippen LogP) is 2.36. The van der Waals surface area contributed by atoms with Gasteiger partial charge in [-0.3, -0.25) is 0 Å². The number of hydrogen-bond donors (Lipinski definition) is 1. The Morgan fingerprint density at radius 1 is 1.33 bits per heavy atom. The molecule has 0 spiro atoms. The van der Waals surface area contributed by atoms with Crippen molar-refractivity contribution in [3.05, 3.63) is 29.3 Å². The molecule has 0 aliphatic heterocycles. The third kappa shape index (κ3) is 4.00. The van der Waals surface area contributed by atoms with Crippen LogP contribution in [0.4, 0.5) is 5.69 Å². The van der Waals surface area contributed by atoms with E-state index in [2.05, 4.69) is 43.9 Å². The van der Waals surface area contributed by atoms with E-state index in [0.717, 1.165) is 19.6 Å². The lowest BCUT2D eigenvalue weighted by Crippen LogP contribution is -2.34. The fourth-order valence-corrected chi connectivity index (χ4v) is 2.21. The lowest BCUT2D eigenvalue weighted by molar-refractivity contribution is 0.204. The Hall–Kier alpha value is -1.06. The maximum Gasteiger partial charge on any atom is 0.0637 e. The summed E-state index contributed by atoms with van der Waals surface area (Å²) in [6.07, 6.45) is 0.945. The fourth-order valence-electron chi connectivity index (χ4n) is 2.21. The Morgan fingerprint density at radius 3 is 2.56 bits per heavy atom. The number of hydrogen-bond acceptors (Lipinski definition) is 3. The molecule has 0 amide bonds. The SMILES string of the molecule is COCCN(c1ccc(CCN)cc1C)C(C)C. The lowest BCUT2D eigenvalue weighted by Gasteiger charge is -2.30. The first-order chi connectivity index (χ1) is 8.60. The van der Waals surface area contributed by atoms with Crippen molar-refractivity contribution in [1.82, 2.24) is 0 Å². The molecule has 0 fully saturated rings. The second-order valence-electron chi connectivity index (χ2n) is 4.94. The maximum absolute atomic E-state index is 5.60. The molecule has 3 heteroatoms. The van der Waals surface area contributed by atoms with E-state index in [9.17, 15) is 0 Å². The second-order valence-corrected chi connectivity index (χ2v) is 4.94. The zero-order chi connectivity index (χ0) is 13.5. The molecular weight excluding hydrogens is 224 g/mol. The number of aryl methyl sites for hydroxylation is 1. The molecule has 0 unspecified atom stereocenters. The van der Waals surface area contributed by atoms with Gasteiger partial charge < -0.3 is 15.4 Å². The van der Waals surface area contributed by atoms with Crippen LogP contribution in [0.2, 0.25) is 0 Å². The fraction of sp³-hybridized carbons (Fsp3) is 0.600. The van der Waals surface area contributed by atoms with Crippen molar-refractivity contribution in [1.29, 1.82) is 0 Å². The minimum Gasteiger partial charge on any atom is -0.383 e. The summed E-state index contributed by atoms with van der Waals surface area (Å²) < 4.78 is 5.19. The third-order valence-electron chi connectivity index (χ3n) is 3.16. The Bertz CT molecular complexity index is 364. The molecule has 102 valence electrons. The van der Waals surface area contributed by atoms with Crippen LogP contribution in [-0.4, -0.2) is 32.8 Å². The summed E-state index contributed by atoms with van der Waals surface area (Å²) in [6.45, 7) is 8.97. The first kappa shape index (κ1) is 15.0. The summed E-state index contributed by atoms with van der Waals surface area (Å²) in [5.41, 5.74) is 9.51.